The van der Waals surface area contributed by atoms with Crippen LogP contribution in [-0.2, 0) is 0 Å². The van der Waals surface area contributed by atoms with Gasteiger partial charge in [-0.3, -0.25) is 9.59 Å². The van der Waals surface area contributed by atoms with Crippen LogP contribution in [0.25, 0.3) is 11.1 Å². The number of benzene rings is 4. The van der Waals surface area contributed by atoms with E-state index in [9.17, 15) is 9.59 Å². The van der Waals surface area contributed by atoms with Crippen LogP contribution in [0.5, 0.6) is 5.75 Å². The lowest BCUT2D eigenvalue weighted by Crippen LogP contribution is -2.14. The van der Waals surface area contributed by atoms with Crippen LogP contribution in [0.3, 0.4) is 0 Å². The van der Waals surface area contributed by atoms with Gasteiger partial charge in [0.1, 0.15) is 5.75 Å². The van der Waals surface area contributed by atoms with Gasteiger partial charge in [-0.2, -0.15) is 0 Å². The normalized spacial score (nSPS) is 10.4. The van der Waals surface area contributed by atoms with Crippen LogP contribution in [0.4, 0.5) is 11.4 Å². The van der Waals surface area contributed by atoms with Crippen molar-refractivity contribution in [1.82, 2.24) is 0 Å². The van der Waals surface area contributed by atoms with Crippen LogP contribution in [-0.4, -0.2) is 18.9 Å². The van der Waals surface area contributed by atoms with Gasteiger partial charge in [-0.1, -0.05) is 66.2 Å². The summed E-state index contributed by atoms with van der Waals surface area (Å²) in [6, 6.07) is 29.2. The minimum Gasteiger partial charge on any atom is -0.494 e. The molecule has 0 heterocycles. The highest BCUT2D eigenvalue weighted by Crippen LogP contribution is 2.29. The molecule has 0 aliphatic rings. The first-order chi connectivity index (χ1) is 16.0. The van der Waals surface area contributed by atoms with Gasteiger partial charge in [0.2, 0.25) is 0 Å². The molecule has 0 aromatic heterocycles. The van der Waals surface area contributed by atoms with Gasteiger partial charge in [0.25, 0.3) is 11.8 Å². The Kier molecular flexibility index (Phi) is 6.72. The van der Waals surface area contributed by atoms with E-state index in [1.54, 1.807) is 54.6 Å². The molecule has 0 unspecified atom stereocenters. The van der Waals surface area contributed by atoms with Gasteiger partial charge in [0.05, 0.1) is 23.4 Å². The second-order valence-corrected chi connectivity index (χ2v) is 7.65. The maximum atomic E-state index is 12.7. The standard InChI is InChI=1S/C27H21ClN2O3/c1-33-25-17-21(15-16-24(25)30-27(32)22-9-5-6-10-23(22)28)29-26(31)20-13-11-19(12-14-20)18-7-3-2-4-8-18/h2-17H,1H3,(H,29,31)(H,30,32). The van der Waals surface area contributed by atoms with Crippen molar-refractivity contribution < 1.29 is 14.3 Å². The Morgan fingerprint density at radius 1 is 0.727 bits per heavy atom. The lowest BCUT2D eigenvalue weighted by molar-refractivity contribution is 0.101. The van der Waals surface area contributed by atoms with Gasteiger partial charge in [-0.25, -0.2) is 0 Å². The molecule has 2 amide bonds. The molecule has 2 N–H and O–H groups in total. The van der Waals surface area contributed by atoms with E-state index in [1.807, 2.05) is 42.5 Å². The summed E-state index contributed by atoms with van der Waals surface area (Å²) in [6.45, 7) is 0. The molecule has 0 aliphatic carbocycles. The second-order valence-electron chi connectivity index (χ2n) is 7.25. The largest absolute Gasteiger partial charge is 0.494 e. The van der Waals surface area contributed by atoms with Crippen molar-refractivity contribution in [3.05, 3.63) is 113 Å². The lowest BCUT2D eigenvalue weighted by Gasteiger charge is -2.13. The lowest BCUT2D eigenvalue weighted by atomic mass is 10.0. The fourth-order valence-corrected chi connectivity index (χ4v) is 3.58. The smallest absolute Gasteiger partial charge is 0.257 e. The SMILES string of the molecule is COc1cc(NC(=O)c2ccc(-c3ccccc3)cc2)ccc1NC(=O)c1ccccc1Cl. The van der Waals surface area contributed by atoms with E-state index in [-0.39, 0.29) is 11.8 Å². The number of hydrogen-bond donors (Lipinski definition) is 2. The van der Waals surface area contributed by atoms with Crippen LogP contribution >= 0.6 is 11.6 Å². The number of carbonyl (C=O) groups is 2. The molecule has 0 saturated heterocycles. The molecule has 4 aromatic carbocycles. The molecular weight excluding hydrogens is 436 g/mol. The monoisotopic (exact) mass is 456 g/mol. The predicted molar refractivity (Wildman–Crippen MR) is 132 cm³/mol. The van der Waals surface area contributed by atoms with Crippen LogP contribution in [0, 0.1) is 0 Å². The van der Waals surface area contributed by atoms with Crippen LogP contribution in [0.2, 0.25) is 5.02 Å². The summed E-state index contributed by atoms with van der Waals surface area (Å²) in [4.78, 5) is 25.3. The Balaban J connectivity index is 1.47. The van der Waals surface area contributed by atoms with Crippen LogP contribution in [0.1, 0.15) is 20.7 Å². The Hall–Kier alpha value is -4.09. The number of amides is 2. The zero-order valence-corrected chi connectivity index (χ0v) is 18.6. The zero-order chi connectivity index (χ0) is 23.2. The summed E-state index contributed by atoms with van der Waals surface area (Å²) >= 11 is 6.10. The summed E-state index contributed by atoms with van der Waals surface area (Å²) in [6.07, 6.45) is 0. The van der Waals surface area contributed by atoms with Crippen molar-refractivity contribution in [2.75, 3.05) is 17.7 Å². The van der Waals surface area contributed by atoms with Gasteiger partial charge in [0, 0.05) is 17.3 Å². The van der Waals surface area contributed by atoms with E-state index in [1.165, 1.54) is 7.11 Å². The number of hydrogen-bond acceptors (Lipinski definition) is 3. The first-order valence-electron chi connectivity index (χ1n) is 10.3. The van der Waals surface area contributed by atoms with Crippen LogP contribution < -0.4 is 15.4 Å². The Morgan fingerprint density at radius 3 is 2.09 bits per heavy atom. The van der Waals surface area contributed by atoms with Crippen LogP contribution in [0.15, 0.2) is 97.1 Å². The first kappa shape index (κ1) is 22.1. The number of ether oxygens (including phenoxy) is 1. The number of rotatable bonds is 6. The highest BCUT2D eigenvalue weighted by atomic mass is 35.5. The van der Waals surface area contributed by atoms with Crippen molar-refractivity contribution in [2.24, 2.45) is 0 Å². The molecule has 0 spiro atoms. The molecule has 4 rings (SSSR count). The summed E-state index contributed by atoms with van der Waals surface area (Å²) < 4.78 is 5.41. The second kappa shape index (κ2) is 10.0. The molecular formula is C27H21ClN2O3. The van der Waals surface area contributed by atoms with E-state index >= 15 is 0 Å². The maximum Gasteiger partial charge on any atom is 0.257 e. The van der Waals surface area contributed by atoms with E-state index in [0.29, 0.717) is 33.3 Å². The number of carbonyl (C=O) groups excluding carboxylic acids is 2. The van der Waals surface area contributed by atoms with Gasteiger partial charge in [-0.05, 0) is 47.5 Å². The van der Waals surface area contributed by atoms with Gasteiger partial charge in [-0.15, -0.1) is 0 Å². The Labute approximate surface area is 197 Å². The topological polar surface area (TPSA) is 67.4 Å². The highest BCUT2D eigenvalue weighted by Gasteiger charge is 2.14. The first-order valence-corrected chi connectivity index (χ1v) is 10.6. The third-order valence-corrected chi connectivity index (χ3v) is 5.41. The Morgan fingerprint density at radius 2 is 1.39 bits per heavy atom. The summed E-state index contributed by atoms with van der Waals surface area (Å²) in [5, 5.41) is 6.01. The van der Waals surface area contributed by atoms with Gasteiger partial charge < -0.3 is 15.4 Å². The summed E-state index contributed by atoms with van der Waals surface area (Å²) in [5.74, 6) is -0.189. The number of halogens is 1. The minimum absolute atomic E-state index is 0.246. The third-order valence-electron chi connectivity index (χ3n) is 5.08. The molecule has 6 heteroatoms. The molecule has 0 bridgehead atoms. The highest BCUT2D eigenvalue weighted by molar-refractivity contribution is 6.34. The number of nitrogens with one attached hydrogen (secondary N) is 2. The van der Waals surface area contributed by atoms with E-state index < -0.39 is 0 Å². The van der Waals surface area contributed by atoms with Crippen molar-refractivity contribution in [2.45, 2.75) is 0 Å². The third kappa shape index (κ3) is 5.22. The fraction of sp³-hybridized carbons (Fsp3) is 0.0370. The van der Waals surface area contributed by atoms with Crippen molar-refractivity contribution in [3.63, 3.8) is 0 Å². The van der Waals surface area contributed by atoms with E-state index in [4.69, 9.17) is 16.3 Å². The van der Waals surface area contributed by atoms with E-state index in [0.717, 1.165) is 11.1 Å². The zero-order valence-electron chi connectivity index (χ0n) is 17.8. The molecule has 0 saturated carbocycles. The molecule has 0 atom stereocenters. The average molecular weight is 457 g/mol. The predicted octanol–water partition coefficient (Wildman–Crippen LogP) is 6.52. The molecule has 0 radical (unpaired) electrons. The summed E-state index contributed by atoms with van der Waals surface area (Å²) in [7, 11) is 1.49. The number of methoxy groups -OCH3 is 1. The van der Waals surface area contributed by atoms with Gasteiger partial charge in [0.15, 0.2) is 0 Å². The molecule has 33 heavy (non-hydrogen) atoms. The van der Waals surface area contributed by atoms with Crippen molar-refractivity contribution in [1.29, 1.82) is 0 Å². The molecule has 0 fully saturated rings. The molecule has 5 nitrogen and oxygen atoms in total. The summed E-state index contributed by atoms with van der Waals surface area (Å²) in [5.41, 5.74) is 4.02. The Bertz CT molecular complexity index is 1290. The van der Waals surface area contributed by atoms with Crippen molar-refractivity contribution in [3.8, 4) is 16.9 Å². The quantitative estimate of drug-likeness (QED) is 0.347. The molecule has 0 aliphatic heterocycles. The fourth-order valence-electron chi connectivity index (χ4n) is 3.36. The van der Waals surface area contributed by atoms with Crippen molar-refractivity contribution >= 4 is 34.8 Å². The van der Waals surface area contributed by atoms with Gasteiger partial charge >= 0.3 is 0 Å². The minimum atomic E-state index is -0.353. The molecule has 164 valence electrons. The number of anilines is 2. The van der Waals surface area contributed by atoms with E-state index in [2.05, 4.69) is 10.6 Å². The average Bonchev–Trinajstić information content (AvgIpc) is 2.85. The maximum absolute atomic E-state index is 12.7. The molecule has 4 aromatic rings.